The quantitative estimate of drug-likeness (QED) is 0.266. The summed E-state index contributed by atoms with van der Waals surface area (Å²) in [6.45, 7) is 4.81. The van der Waals surface area contributed by atoms with Crippen LogP contribution in [0.3, 0.4) is 0 Å². The van der Waals surface area contributed by atoms with Gasteiger partial charge in [-0.1, -0.05) is 45.4 Å². The Morgan fingerprint density at radius 3 is 2.56 bits per heavy atom. The second kappa shape index (κ2) is 13.7. The van der Waals surface area contributed by atoms with Crippen molar-refractivity contribution >= 4 is 17.7 Å². The molecule has 156 valence electrons. The monoisotopic (exact) mass is 383 g/mol. The molecule has 0 radical (unpaired) electrons. The van der Waals surface area contributed by atoms with Gasteiger partial charge >= 0.3 is 5.97 Å². The number of esters is 1. The van der Waals surface area contributed by atoms with Gasteiger partial charge in [0.1, 0.15) is 0 Å². The summed E-state index contributed by atoms with van der Waals surface area (Å²) in [4.78, 5) is 37.2. The van der Waals surface area contributed by atoms with E-state index in [0.717, 1.165) is 51.4 Å². The summed E-state index contributed by atoms with van der Waals surface area (Å²) in [5, 5.41) is 10.1. The Labute approximate surface area is 163 Å². The summed E-state index contributed by atoms with van der Waals surface area (Å²) in [6.07, 6.45) is 8.76. The summed E-state index contributed by atoms with van der Waals surface area (Å²) in [5.74, 6) is -0.252. The Bertz CT molecular complexity index is 465. The van der Waals surface area contributed by atoms with Crippen molar-refractivity contribution in [2.45, 2.75) is 103 Å². The van der Waals surface area contributed by atoms with Gasteiger partial charge in [0.15, 0.2) is 5.78 Å². The largest absolute Gasteiger partial charge is 0.466 e. The summed E-state index contributed by atoms with van der Waals surface area (Å²) in [7, 11) is 0. The minimum Gasteiger partial charge on any atom is -0.466 e. The maximum absolute atomic E-state index is 12.1. The first-order valence-electron chi connectivity index (χ1n) is 10.6. The van der Waals surface area contributed by atoms with Crippen molar-refractivity contribution in [3.8, 4) is 0 Å². The zero-order valence-electron chi connectivity index (χ0n) is 17.1. The van der Waals surface area contributed by atoms with E-state index in [1.807, 2.05) is 0 Å². The summed E-state index contributed by atoms with van der Waals surface area (Å²) in [6, 6.07) is -0.328. The van der Waals surface area contributed by atoms with Crippen molar-refractivity contribution in [3.05, 3.63) is 0 Å². The van der Waals surface area contributed by atoms with Crippen LogP contribution >= 0.6 is 0 Å². The van der Waals surface area contributed by atoms with E-state index in [4.69, 9.17) is 4.74 Å². The highest BCUT2D eigenvalue weighted by Crippen LogP contribution is 2.22. The van der Waals surface area contributed by atoms with E-state index in [-0.39, 0.29) is 30.1 Å². The van der Waals surface area contributed by atoms with Crippen molar-refractivity contribution in [2.24, 2.45) is 0 Å². The molecule has 0 aromatic heterocycles. The van der Waals surface area contributed by atoms with Gasteiger partial charge in [0, 0.05) is 13.0 Å². The molecule has 0 aromatic carbocycles. The zero-order valence-corrected chi connectivity index (χ0v) is 17.1. The van der Waals surface area contributed by atoms with Gasteiger partial charge in [-0.3, -0.25) is 14.4 Å². The Balaban J connectivity index is 2.27. The Hall–Kier alpha value is -1.43. The van der Waals surface area contributed by atoms with Crippen LogP contribution in [-0.2, 0) is 19.1 Å². The van der Waals surface area contributed by atoms with E-state index >= 15 is 0 Å². The van der Waals surface area contributed by atoms with Crippen LogP contribution in [0.2, 0.25) is 0 Å². The molecule has 0 aromatic rings. The van der Waals surface area contributed by atoms with E-state index in [1.165, 1.54) is 0 Å². The molecular formula is C21H37NO5. The van der Waals surface area contributed by atoms with E-state index in [2.05, 4.69) is 6.92 Å². The summed E-state index contributed by atoms with van der Waals surface area (Å²) >= 11 is 0. The van der Waals surface area contributed by atoms with Crippen molar-refractivity contribution in [1.29, 1.82) is 0 Å². The first kappa shape index (κ1) is 23.6. The molecule has 1 saturated heterocycles. The van der Waals surface area contributed by atoms with E-state index in [9.17, 15) is 19.5 Å². The molecule has 0 bridgehead atoms. The molecule has 1 rings (SSSR count). The standard InChI is InChI=1S/C21H37NO5/c1-3-5-8-11-17(23)14-15-22-18(19(24)16-20(22)25)12-9-6-7-10-13-21(26)27-4-2/h17-18,23H,3-16H2,1-2H3. The smallest absolute Gasteiger partial charge is 0.305 e. The number of rotatable bonds is 15. The number of unbranched alkanes of at least 4 members (excludes halogenated alkanes) is 5. The SMILES string of the molecule is CCCCCC(O)CCN1C(=O)CC(=O)C1CCCCCCC(=O)OCC. The minimum atomic E-state index is -0.399. The lowest BCUT2D eigenvalue weighted by atomic mass is 10.0. The third-order valence-electron chi connectivity index (χ3n) is 5.15. The van der Waals surface area contributed by atoms with Crippen LogP contribution in [0.5, 0.6) is 0 Å². The molecular weight excluding hydrogens is 346 g/mol. The summed E-state index contributed by atoms with van der Waals surface area (Å²) < 4.78 is 4.90. The number of carbonyl (C=O) groups is 3. The number of Topliss-reactive ketones (excluding diaryl/α,β-unsaturated/α-hetero) is 1. The lowest BCUT2D eigenvalue weighted by molar-refractivity contribution is -0.143. The van der Waals surface area contributed by atoms with Gasteiger partial charge < -0.3 is 14.7 Å². The fraction of sp³-hybridized carbons (Fsp3) is 0.857. The lowest BCUT2D eigenvalue weighted by Crippen LogP contribution is -2.37. The van der Waals surface area contributed by atoms with Gasteiger partial charge in [-0.2, -0.15) is 0 Å². The molecule has 1 amide bonds. The molecule has 27 heavy (non-hydrogen) atoms. The zero-order chi connectivity index (χ0) is 20.1. The third kappa shape index (κ3) is 9.36. The van der Waals surface area contributed by atoms with Crippen molar-refractivity contribution in [2.75, 3.05) is 13.2 Å². The Morgan fingerprint density at radius 1 is 1.11 bits per heavy atom. The molecule has 6 nitrogen and oxygen atoms in total. The molecule has 6 heteroatoms. The number of likely N-dealkylation sites (tertiary alicyclic amines) is 1. The number of amides is 1. The van der Waals surface area contributed by atoms with Crippen LogP contribution in [0.25, 0.3) is 0 Å². The van der Waals surface area contributed by atoms with E-state index in [1.54, 1.807) is 11.8 Å². The first-order valence-corrected chi connectivity index (χ1v) is 10.6. The predicted octanol–water partition coefficient (Wildman–Crippen LogP) is 3.39. The minimum absolute atomic E-state index is 0.000541. The number of ether oxygens (including phenoxy) is 1. The number of carbonyl (C=O) groups excluding carboxylic acids is 3. The van der Waals surface area contributed by atoms with E-state index < -0.39 is 6.10 Å². The summed E-state index contributed by atoms with van der Waals surface area (Å²) in [5.41, 5.74) is 0. The second-order valence-corrected chi connectivity index (χ2v) is 7.44. The van der Waals surface area contributed by atoms with Gasteiger partial charge in [0.2, 0.25) is 5.91 Å². The molecule has 1 N–H and O–H groups in total. The van der Waals surface area contributed by atoms with Crippen molar-refractivity contribution in [3.63, 3.8) is 0 Å². The van der Waals surface area contributed by atoms with E-state index in [0.29, 0.717) is 32.4 Å². The molecule has 2 atom stereocenters. The Morgan fingerprint density at radius 2 is 1.85 bits per heavy atom. The van der Waals surface area contributed by atoms with Crippen LogP contribution in [0.1, 0.15) is 90.9 Å². The molecule has 1 heterocycles. The average molecular weight is 384 g/mol. The van der Waals surface area contributed by atoms with Crippen molar-refractivity contribution in [1.82, 2.24) is 4.90 Å². The Kier molecular flexibility index (Phi) is 12.0. The average Bonchev–Trinajstić information content (AvgIpc) is 2.89. The number of aliphatic hydroxyl groups is 1. The third-order valence-corrected chi connectivity index (χ3v) is 5.15. The van der Waals surface area contributed by atoms with Crippen LogP contribution in [0.4, 0.5) is 0 Å². The fourth-order valence-electron chi connectivity index (χ4n) is 3.57. The highest BCUT2D eigenvalue weighted by atomic mass is 16.5. The highest BCUT2D eigenvalue weighted by Gasteiger charge is 2.37. The topological polar surface area (TPSA) is 83.9 Å². The number of nitrogens with zero attached hydrogens (tertiary/aromatic N) is 1. The molecule has 2 unspecified atom stereocenters. The van der Waals surface area contributed by atoms with Gasteiger partial charge in [0.25, 0.3) is 0 Å². The predicted molar refractivity (Wildman–Crippen MR) is 104 cm³/mol. The van der Waals surface area contributed by atoms with Crippen LogP contribution < -0.4 is 0 Å². The van der Waals surface area contributed by atoms with Gasteiger partial charge in [-0.15, -0.1) is 0 Å². The van der Waals surface area contributed by atoms with Gasteiger partial charge in [-0.05, 0) is 32.6 Å². The fourth-order valence-corrected chi connectivity index (χ4v) is 3.57. The number of hydrogen-bond acceptors (Lipinski definition) is 5. The number of aliphatic hydroxyl groups excluding tert-OH is 1. The lowest BCUT2D eigenvalue weighted by Gasteiger charge is -2.25. The maximum Gasteiger partial charge on any atom is 0.305 e. The molecule has 1 aliphatic rings. The molecule has 1 fully saturated rings. The number of ketones is 1. The van der Waals surface area contributed by atoms with Crippen molar-refractivity contribution < 1.29 is 24.2 Å². The maximum atomic E-state index is 12.1. The van der Waals surface area contributed by atoms with Gasteiger partial charge in [-0.25, -0.2) is 0 Å². The highest BCUT2D eigenvalue weighted by molar-refractivity contribution is 6.07. The molecule has 0 aliphatic carbocycles. The first-order chi connectivity index (χ1) is 13.0. The second-order valence-electron chi connectivity index (χ2n) is 7.44. The number of hydrogen-bond donors (Lipinski definition) is 1. The van der Waals surface area contributed by atoms with Crippen LogP contribution in [0, 0.1) is 0 Å². The molecule has 0 saturated carbocycles. The molecule has 1 aliphatic heterocycles. The van der Waals surface area contributed by atoms with Crippen LogP contribution in [0.15, 0.2) is 0 Å². The van der Waals surface area contributed by atoms with Crippen LogP contribution in [-0.4, -0.2) is 53.0 Å². The normalized spacial score (nSPS) is 18.2. The molecule has 0 spiro atoms. The van der Waals surface area contributed by atoms with Gasteiger partial charge in [0.05, 0.1) is 25.2 Å².